The van der Waals surface area contributed by atoms with Crippen LogP contribution in [-0.4, -0.2) is 16.9 Å². The highest BCUT2D eigenvalue weighted by Crippen LogP contribution is 2.11. The van der Waals surface area contributed by atoms with Crippen LogP contribution in [0.15, 0.2) is 0 Å². The Balaban J connectivity index is 3.80. The van der Waals surface area contributed by atoms with Crippen molar-refractivity contribution in [1.82, 2.24) is 5.48 Å². The van der Waals surface area contributed by atoms with Gasteiger partial charge in [0.15, 0.2) is 5.78 Å². The Morgan fingerprint density at radius 2 is 2.15 bits per heavy atom. The molecule has 1 unspecified atom stereocenters. The van der Waals surface area contributed by atoms with Crippen LogP contribution in [0.2, 0.25) is 0 Å². The van der Waals surface area contributed by atoms with Crippen LogP contribution in [0.5, 0.6) is 0 Å². The van der Waals surface area contributed by atoms with Gasteiger partial charge < -0.3 is 0 Å². The zero-order valence-electron chi connectivity index (χ0n) is 8.69. The van der Waals surface area contributed by atoms with Crippen molar-refractivity contribution in [1.29, 1.82) is 0 Å². The van der Waals surface area contributed by atoms with Crippen LogP contribution in [0.4, 0.5) is 0 Å². The van der Waals surface area contributed by atoms with E-state index in [4.69, 9.17) is 16.4 Å². The minimum absolute atomic E-state index is 0.142. The average Bonchev–Trinajstić information content (AvgIpc) is 2.00. The number of alkyl halides is 1. The molecule has 0 aliphatic heterocycles. The molecular weight excluding hydrogens is 190 g/mol. The van der Waals surface area contributed by atoms with Crippen molar-refractivity contribution in [2.24, 2.45) is 0 Å². The average molecular weight is 208 g/mol. The van der Waals surface area contributed by atoms with E-state index in [0.717, 1.165) is 12.8 Å². The molecule has 78 valence electrons. The fourth-order valence-electron chi connectivity index (χ4n) is 0.970. The predicted molar refractivity (Wildman–Crippen MR) is 53.5 cm³/mol. The first-order valence-electron chi connectivity index (χ1n) is 4.46. The molecule has 13 heavy (non-hydrogen) atoms. The van der Waals surface area contributed by atoms with E-state index in [1.807, 2.05) is 13.8 Å². The number of carbonyl (C=O) groups is 1. The monoisotopic (exact) mass is 207 g/mol. The molecule has 1 N–H and O–H groups in total. The maximum Gasteiger partial charge on any atom is 0.209 e. The van der Waals surface area contributed by atoms with Crippen molar-refractivity contribution < 1.29 is 9.63 Å². The maximum atomic E-state index is 10.7. The fraction of sp³-hybridized carbons (Fsp3) is 0.889. The first-order valence-corrected chi connectivity index (χ1v) is 4.90. The molecule has 0 saturated heterocycles. The Kier molecular flexibility index (Phi) is 5.53. The third-order valence-electron chi connectivity index (χ3n) is 1.63. The minimum atomic E-state index is -0.892. The van der Waals surface area contributed by atoms with Crippen LogP contribution in [0, 0.1) is 0 Å². The first kappa shape index (κ1) is 12.9. The minimum Gasteiger partial charge on any atom is -0.296 e. The SMILES string of the molecule is CCCC(C)(C)NOC(Cl)C(C)=O. The number of rotatable bonds is 6. The number of hydrogen-bond donors (Lipinski definition) is 1. The molecular formula is C9H18ClNO2. The second kappa shape index (κ2) is 5.58. The smallest absolute Gasteiger partial charge is 0.209 e. The summed E-state index contributed by atoms with van der Waals surface area (Å²) < 4.78 is 0. The van der Waals surface area contributed by atoms with Gasteiger partial charge in [0.05, 0.1) is 0 Å². The van der Waals surface area contributed by atoms with Crippen molar-refractivity contribution >= 4 is 17.4 Å². The van der Waals surface area contributed by atoms with Gasteiger partial charge in [0.1, 0.15) is 0 Å². The Bertz CT molecular complexity index is 171. The van der Waals surface area contributed by atoms with Gasteiger partial charge in [-0.3, -0.25) is 9.63 Å². The van der Waals surface area contributed by atoms with E-state index in [1.165, 1.54) is 6.92 Å². The van der Waals surface area contributed by atoms with Gasteiger partial charge >= 0.3 is 0 Å². The van der Waals surface area contributed by atoms with Crippen LogP contribution in [0.3, 0.4) is 0 Å². The van der Waals surface area contributed by atoms with Crippen LogP contribution >= 0.6 is 11.6 Å². The number of Topliss-reactive ketones (excluding diaryl/α,β-unsaturated/α-hetero) is 1. The zero-order valence-corrected chi connectivity index (χ0v) is 9.44. The molecule has 0 saturated carbocycles. The molecule has 0 aromatic rings. The van der Waals surface area contributed by atoms with Gasteiger partial charge in [-0.05, 0) is 27.2 Å². The van der Waals surface area contributed by atoms with Gasteiger partial charge in [-0.2, -0.15) is 5.48 Å². The van der Waals surface area contributed by atoms with E-state index in [-0.39, 0.29) is 11.3 Å². The van der Waals surface area contributed by atoms with E-state index in [2.05, 4.69) is 12.4 Å². The summed E-state index contributed by atoms with van der Waals surface area (Å²) in [4.78, 5) is 15.7. The van der Waals surface area contributed by atoms with Crippen LogP contribution in [-0.2, 0) is 9.63 Å². The lowest BCUT2D eigenvalue weighted by Gasteiger charge is -2.25. The molecule has 0 amide bonds. The third-order valence-corrected chi connectivity index (χ3v) is 2.03. The molecule has 0 fully saturated rings. The van der Waals surface area contributed by atoms with E-state index < -0.39 is 5.56 Å². The zero-order chi connectivity index (χ0) is 10.5. The van der Waals surface area contributed by atoms with Gasteiger partial charge in [-0.15, -0.1) is 0 Å². The molecule has 0 heterocycles. The van der Waals surface area contributed by atoms with Crippen LogP contribution in [0.1, 0.15) is 40.5 Å². The summed E-state index contributed by atoms with van der Waals surface area (Å²) in [6, 6.07) is 0. The van der Waals surface area contributed by atoms with Gasteiger partial charge in [0, 0.05) is 5.54 Å². The van der Waals surface area contributed by atoms with Crippen molar-refractivity contribution in [3.8, 4) is 0 Å². The van der Waals surface area contributed by atoms with Crippen LogP contribution in [0.25, 0.3) is 0 Å². The van der Waals surface area contributed by atoms with E-state index in [1.54, 1.807) is 0 Å². The highest BCUT2D eigenvalue weighted by Gasteiger charge is 2.19. The van der Waals surface area contributed by atoms with Crippen molar-refractivity contribution in [2.45, 2.75) is 51.6 Å². The predicted octanol–water partition coefficient (Wildman–Crippen LogP) is 2.24. The summed E-state index contributed by atoms with van der Waals surface area (Å²) in [6.07, 6.45) is 2.02. The number of hydrogen-bond acceptors (Lipinski definition) is 3. The summed E-state index contributed by atoms with van der Waals surface area (Å²) in [7, 11) is 0. The van der Waals surface area contributed by atoms with Gasteiger partial charge in [0.25, 0.3) is 0 Å². The van der Waals surface area contributed by atoms with E-state index >= 15 is 0 Å². The number of ketones is 1. The molecule has 0 radical (unpaired) electrons. The summed E-state index contributed by atoms with van der Waals surface area (Å²) in [5.41, 5.74) is 1.75. The lowest BCUT2D eigenvalue weighted by molar-refractivity contribution is -0.130. The quantitative estimate of drug-likeness (QED) is 0.536. The topological polar surface area (TPSA) is 38.3 Å². The molecule has 4 heteroatoms. The maximum absolute atomic E-state index is 10.7. The second-order valence-corrected chi connectivity index (χ2v) is 4.18. The Morgan fingerprint density at radius 3 is 2.54 bits per heavy atom. The number of nitrogens with one attached hydrogen (secondary N) is 1. The molecule has 0 aromatic carbocycles. The van der Waals surface area contributed by atoms with Crippen molar-refractivity contribution in [3.63, 3.8) is 0 Å². The first-order chi connectivity index (χ1) is 5.89. The molecule has 1 atom stereocenters. The highest BCUT2D eigenvalue weighted by atomic mass is 35.5. The molecule has 0 bridgehead atoms. The highest BCUT2D eigenvalue weighted by molar-refractivity contribution is 6.29. The van der Waals surface area contributed by atoms with Crippen LogP contribution < -0.4 is 5.48 Å². The summed E-state index contributed by atoms with van der Waals surface area (Å²) in [5, 5.41) is 0. The van der Waals surface area contributed by atoms with Gasteiger partial charge in [-0.1, -0.05) is 24.9 Å². The lowest BCUT2D eigenvalue weighted by atomic mass is 10.0. The Hall–Kier alpha value is -0.120. The normalized spacial score (nSPS) is 14.2. The fourth-order valence-corrected chi connectivity index (χ4v) is 1.01. The number of hydroxylamine groups is 1. The lowest BCUT2D eigenvalue weighted by Crippen LogP contribution is -2.41. The Morgan fingerprint density at radius 1 is 1.62 bits per heavy atom. The van der Waals surface area contributed by atoms with Gasteiger partial charge in [0.2, 0.25) is 5.56 Å². The third kappa shape index (κ3) is 6.02. The summed E-state index contributed by atoms with van der Waals surface area (Å²) in [6.45, 7) is 7.49. The molecule has 0 aliphatic rings. The standard InChI is InChI=1S/C9H18ClNO2/c1-5-6-9(3,4)11-13-8(10)7(2)12/h8,11H,5-6H2,1-4H3. The molecule has 0 aliphatic carbocycles. The molecule has 0 rings (SSSR count). The number of carbonyl (C=O) groups excluding carboxylic acids is 1. The molecule has 0 aromatic heterocycles. The van der Waals surface area contributed by atoms with E-state index in [9.17, 15) is 4.79 Å². The summed E-state index contributed by atoms with van der Waals surface area (Å²) in [5.74, 6) is -0.193. The summed E-state index contributed by atoms with van der Waals surface area (Å²) >= 11 is 5.59. The van der Waals surface area contributed by atoms with Gasteiger partial charge in [-0.25, -0.2) is 0 Å². The molecule has 3 nitrogen and oxygen atoms in total. The Labute approximate surface area is 84.7 Å². The second-order valence-electron chi connectivity index (χ2n) is 3.78. The van der Waals surface area contributed by atoms with Crippen molar-refractivity contribution in [2.75, 3.05) is 0 Å². The van der Waals surface area contributed by atoms with Crippen molar-refractivity contribution in [3.05, 3.63) is 0 Å². The van der Waals surface area contributed by atoms with E-state index in [0.29, 0.717) is 0 Å². The number of halogens is 1. The molecule has 0 spiro atoms. The largest absolute Gasteiger partial charge is 0.296 e.